The van der Waals surface area contributed by atoms with Crippen LogP contribution >= 0.6 is 11.8 Å². The number of hydrogen-bond donors (Lipinski definition) is 3. The van der Waals surface area contributed by atoms with Crippen molar-refractivity contribution >= 4 is 29.8 Å². The van der Waals surface area contributed by atoms with Gasteiger partial charge in [0.2, 0.25) is 0 Å². The average molecular weight is 307 g/mol. The molecule has 8 heteroatoms. The van der Waals surface area contributed by atoms with E-state index in [1.165, 1.54) is 0 Å². The molecule has 0 radical (unpaired) electrons. The molecular weight excluding hydrogens is 286 g/mol. The first-order valence-electron chi connectivity index (χ1n) is 6.13. The topological polar surface area (TPSA) is 113 Å². The average Bonchev–Trinajstić information content (AvgIpc) is 2.24. The Balaban J connectivity index is 4.48. The Morgan fingerprint density at radius 3 is 2.10 bits per heavy atom. The lowest BCUT2D eigenvalue weighted by Gasteiger charge is -2.22. The Bertz CT molecular complexity index is 365. The van der Waals surface area contributed by atoms with Crippen molar-refractivity contribution in [3.63, 3.8) is 0 Å². The van der Waals surface area contributed by atoms with Crippen LogP contribution in [-0.4, -0.2) is 50.9 Å². The highest BCUT2D eigenvalue weighted by Gasteiger charge is 2.26. The first kappa shape index (κ1) is 18.6. The van der Waals surface area contributed by atoms with Gasteiger partial charge < -0.3 is 20.3 Å². The number of thioether (sulfide) groups is 1. The van der Waals surface area contributed by atoms with Crippen molar-refractivity contribution in [3.8, 4) is 0 Å². The summed E-state index contributed by atoms with van der Waals surface area (Å²) in [5.74, 6) is -2.28. The number of carboxylic acids is 2. The zero-order valence-corrected chi connectivity index (χ0v) is 12.8. The molecule has 0 aliphatic carbocycles. The maximum Gasteiger partial charge on any atom is 0.408 e. The van der Waals surface area contributed by atoms with Crippen LogP contribution in [0.3, 0.4) is 0 Å². The van der Waals surface area contributed by atoms with Gasteiger partial charge in [-0.1, -0.05) is 6.92 Å². The lowest BCUT2D eigenvalue weighted by molar-refractivity contribution is -0.139. The molecule has 0 saturated carbocycles. The van der Waals surface area contributed by atoms with Gasteiger partial charge in [-0.25, -0.2) is 9.59 Å². The monoisotopic (exact) mass is 307 g/mol. The van der Waals surface area contributed by atoms with E-state index in [0.717, 1.165) is 11.8 Å². The van der Waals surface area contributed by atoms with Crippen molar-refractivity contribution in [2.45, 2.75) is 51.0 Å². The van der Waals surface area contributed by atoms with E-state index in [2.05, 4.69) is 5.32 Å². The second-order valence-corrected chi connectivity index (χ2v) is 6.34. The molecule has 0 saturated heterocycles. The molecule has 0 aromatic carbocycles. The van der Waals surface area contributed by atoms with Gasteiger partial charge in [-0.3, -0.25) is 4.79 Å². The molecule has 0 spiro atoms. The number of carbonyl (C=O) groups is 3. The SMILES string of the molecule is CCC(SCC(NC(=O)OC(C)(C)C)C(=O)O)C(=O)O. The predicted molar refractivity (Wildman–Crippen MR) is 75.0 cm³/mol. The van der Waals surface area contributed by atoms with Gasteiger partial charge in [-0.05, 0) is 27.2 Å². The van der Waals surface area contributed by atoms with E-state index >= 15 is 0 Å². The van der Waals surface area contributed by atoms with E-state index in [-0.39, 0.29) is 5.75 Å². The fourth-order valence-electron chi connectivity index (χ4n) is 1.20. The zero-order chi connectivity index (χ0) is 15.9. The van der Waals surface area contributed by atoms with Gasteiger partial charge >= 0.3 is 18.0 Å². The molecule has 20 heavy (non-hydrogen) atoms. The molecule has 0 aromatic heterocycles. The Labute approximate surface area is 122 Å². The van der Waals surface area contributed by atoms with Crippen molar-refractivity contribution in [2.75, 3.05) is 5.75 Å². The van der Waals surface area contributed by atoms with Crippen LogP contribution in [-0.2, 0) is 14.3 Å². The number of alkyl carbamates (subject to hydrolysis) is 1. The number of aliphatic carboxylic acids is 2. The molecular formula is C12H21NO6S. The smallest absolute Gasteiger partial charge is 0.408 e. The summed E-state index contributed by atoms with van der Waals surface area (Å²) in [4.78, 5) is 33.4. The van der Waals surface area contributed by atoms with E-state index in [1.54, 1.807) is 27.7 Å². The Kier molecular flexibility index (Phi) is 7.41. The normalized spacial score (nSPS) is 14.2. The van der Waals surface area contributed by atoms with Crippen LogP contribution in [0.15, 0.2) is 0 Å². The van der Waals surface area contributed by atoms with E-state index in [1.807, 2.05) is 0 Å². The van der Waals surface area contributed by atoms with Crippen molar-refractivity contribution in [3.05, 3.63) is 0 Å². The van der Waals surface area contributed by atoms with Crippen LogP contribution in [0.2, 0.25) is 0 Å². The first-order chi connectivity index (χ1) is 9.06. The lowest BCUT2D eigenvalue weighted by Crippen LogP contribution is -2.45. The van der Waals surface area contributed by atoms with Crippen molar-refractivity contribution in [1.82, 2.24) is 5.32 Å². The molecule has 3 N–H and O–H groups in total. The fraction of sp³-hybridized carbons (Fsp3) is 0.750. The summed E-state index contributed by atoms with van der Waals surface area (Å²) in [6.07, 6.45) is -0.465. The molecule has 0 rings (SSSR count). The summed E-state index contributed by atoms with van der Waals surface area (Å²) in [6.45, 7) is 6.68. The molecule has 0 bridgehead atoms. The number of nitrogens with one attached hydrogen (secondary N) is 1. The summed E-state index contributed by atoms with van der Waals surface area (Å²) in [6, 6.07) is -1.19. The minimum atomic E-state index is -1.23. The van der Waals surface area contributed by atoms with Crippen molar-refractivity contribution in [1.29, 1.82) is 0 Å². The predicted octanol–water partition coefficient (Wildman–Crippen LogP) is 1.56. The van der Waals surface area contributed by atoms with Crippen LogP contribution in [0.4, 0.5) is 4.79 Å². The zero-order valence-electron chi connectivity index (χ0n) is 12.0. The molecule has 0 aromatic rings. The van der Waals surface area contributed by atoms with Crippen LogP contribution in [0.5, 0.6) is 0 Å². The number of carboxylic acid groups (broad SMARTS) is 2. The summed E-state index contributed by atoms with van der Waals surface area (Å²) >= 11 is 0.975. The highest BCUT2D eigenvalue weighted by Crippen LogP contribution is 2.16. The Hall–Kier alpha value is -1.44. The van der Waals surface area contributed by atoms with Gasteiger partial charge in [0.05, 0.1) is 0 Å². The number of carbonyl (C=O) groups excluding carboxylic acids is 1. The van der Waals surface area contributed by atoms with Crippen LogP contribution in [0.1, 0.15) is 34.1 Å². The minimum Gasteiger partial charge on any atom is -0.480 e. The molecule has 2 atom stereocenters. The van der Waals surface area contributed by atoms with Gasteiger partial charge in [0.1, 0.15) is 16.9 Å². The first-order valence-corrected chi connectivity index (χ1v) is 7.18. The molecule has 1 amide bonds. The quantitative estimate of drug-likeness (QED) is 0.654. The standard InChI is InChI=1S/C12H21NO6S/c1-5-8(10(16)17)20-6-7(9(14)15)13-11(18)19-12(2,3)4/h7-8H,5-6H2,1-4H3,(H,13,18)(H,14,15)(H,16,17). The molecule has 0 fully saturated rings. The van der Waals surface area contributed by atoms with Crippen molar-refractivity contribution in [2.24, 2.45) is 0 Å². The summed E-state index contributed by atoms with van der Waals surface area (Å²) in [5.41, 5.74) is -0.729. The van der Waals surface area contributed by atoms with Crippen LogP contribution < -0.4 is 5.32 Å². The second kappa shape index (κ2) is 7.98. The Morgan fingerprint density at radius 2 is 1.75 bits per heavy atom. The molecule has 0 heterocycles. The summed E-state index contributed by atoms with van der Waals surface area (Å²) in [7, 11) is 0. The Morgan fingerprint density at radius 1 is 1.20 bits per heavy atom. The van der Waals surface area contributed by atoms with Gasteiger partial charge in [-0.2, -0.15) is 0 Å². The third-order valence-electron chi connectivity index (χ3n) is 2.10. The highest BCUT2D eigenvalue weighted by atomic mass is 32.2. The van der Waals surface area contributed by atoms with Gasteiger partial charge in [0.15, 0.2) is 0 Å². The largest absolute Gasteiger partial charge is 0.480 e. The minimum absolute atomic E-state index is 0.0423. The molecule has 116 valence electrons. The third-order valence-corrected chi connectivity index (χ3v) is 3.56. The number of amides is 1. The number of hydrogen-bond acceptors (Lipinski definition) is 5. The third kappa shape index (κ3) is 7.88. The fourth-order valence-corrected chi connectivity index (χ4v) is 2.23. The summed E-state index contributed by atoms with van der Waals surface area (Å²) < 4.78 is 4.96. The molecule has 0 aliphatic heterocycles. The molecule has 0 aliphatic rings. The van der Waals surface area contributed by atoms with E-state index in [0.29, 0.717) is 6.42 Å². The van der Waals surface area contributed by atoms with Gasteiger partial charge in [-0.15, -0.1) is 11.8 Å². The maximum atomic E-state index is 11.5. The molecule has 2 unspecified atom stereocenters. The van der Waals surface area contributed by atoms with E-state index in [4.69, 9.17) is 14.9 Å². The highest BCUT2D eigenvalue weighted by molar-refractivity contribution is 8.00. The van der Waals surface area contributed by atoms with Gasteiger partial charge in [0, 0.05) is 5.75 Å². The second-order valence-electron chi connectivity index (χ2n) is 5.11. The van der Waals surface area contributed by atoms with Crippen molar-refractivity contribution < 1.29 is 29.3 Å². The number of ether oxygens (including phenoxy) is 1. The van der Waals surface area contributed by atoms with Crippen LogP contribution in [0, 0.1) is 0 Å². The molecule has 7 nitrogen and oxygen atoms in total. The van der Waals surface area contributed by atoms with E-state index in [9.17, 15) is 14.4 Å². The summed E-state index contributed by atoms with van der Waals surface area (Å²) in [5, 5.41) is 19.4. The maximum absolute atomic E-state index is 11.5. The van der Waals surface area contributed by atoms with Crippen LogP contribution in [0.25, 0.3) is 0 Å². The number of rotatable bonds is 7. The van der Waals surface area contributed by atoms with Gasteiger partial charge in [0.25, 0.3) is 0 Å². The van der Waals surface area contributed by atoms with E-state index < -0.39 is 34.9 Å². The lowest BCUT2D eigenvalue weighted by atomic mass is 10.2.